The van der Waals surface area contributed by atoms with Crippen molar-refractivity contribution in [3.63, 3.8) is 0 Å². The third kappa shape index (κ3) is 4.11. The molecule has 1 heterocycles. The molecule has 0 saturated heterocycles. The monoisotopic (exact) mass is 392 g/mol. The first-order valence-corrected chi connectivity index (χ1v) is 9.93. The molecule has 150 valence electrons. The van der Waals surface area contributed by atoms with Crippen LogP contribution in [0.1, 0.15) is 37.8 Å². The number of carbonyl (C=O) groups excluding carboxylic acids is 1. The Morgan fingerprint density at radius 2 is 1.76 bits per heavy atom. The van der Waals surface area contributed by atoms with Gasteiger partial charge in [0.05, 0.1) is 11.8 Å². The Labute approximate surface area is 168 Å². The van der Waals surface area contributed by atoms with Crippen molar-refractivity contribution < 1.29 is 13.9 Å². The predicted molar refractivity (Wildman–Crippen MR) is 114 cm³/mol. The van der Waals surface area contributed by atoms with Crippen molar-refractivity contribution >= 4 is 28.4 Å². The van der Waals surface area contributed by atoms with Crippen LogP contribution in [0.3, 0.4) is 0 Å². The third-order valence-corrected chi connectivity index (χ3v) is 4.97. The molecule has 0 radical (unpaired) electrons. The van der Waals surface area contributed by atoms with E-state index in [1.165, 1.54) is 0 Å². The molecule has 0 bridgehead atoms. The van der Waals surface area contributed by atoms with E-state index in [4.69, 9.17) is 9.15 Å². The zero-order valence-electron chi connectivity index (χ0n) is 16.6. The van der Waals surface area contributed by atoms with Crippen LogP contribution in [-0.2, 0) is 12.8 Å². The van der Waals surface area contributed by atoms with Gasteiger partial charge < -0.3 is 19.8 Å². The second-order valence-corrected chi connectivity index (χ2v) is 7.51. The van der Waals surface area contributed by atoms with Crippen LogP contribution in [0.4, 0.5) is 16.2 Å². The summed E-state index contributed by atoms with van der Waals surface area (Å²) in [4.78, 5) is 24.9. The van der Waals surface area contributed by atoms with Gasteiger partial charge in [0.15, 0.2) is 0 Å². The minimum Gasteiger partial charge on any atom is -0.489 e. The highest BCUT2D eigenvalue weighted by Crippen LogP contribution is 2.35. The fraction of sp³-hybridized carbons (Fsp3) is 0.304. The van der Waals surface area contributed by atoms with Crippen molar-refractivity contribution in [2.75, 3.05) is 10.6 Å². The second kappa shape index (κ2) is 7.99. The maximum Gasteiger partial charge on any atom is 0.339 e. The van der Waals surface area contributed by atoms with Crippen LogP contribution in [-0.4, -0.2) is 12.1 Å². The van der Waals surface area contributed by atoms with Gasteiger partial charge in [0.25, 0.3) is 0 Å². The van der Waals surface area contributed by atoms with Crippen LogP contribution in [0.25, 0.3) is 11.0 Å². The number of ether oxygens (including phenoxy) is 1. The molecule has 6 heteroatoms. The van der Waals surface area contributed by atoms with Crippen molar-refractivity contribution in [2.24, 2.45) is 0 Å². The van der Waals surface area contributed by atoms with E-state index in [2.05, 4.69) is 10.6 Å². The Balaban J connectivity index is 1.75. The Morgan fingerprint density at radius 1 is 1.03 bits per heavy atom. The number of carbonyl (C=O) groups is 1. The molecule has 3 aromatic rings. The predicted octanol–water partition coefficient (Wildman–Crippen LogP) is 5.10. The van der Waals surface area contributed by atoms with Crippen LogP contribution < -0.4 is 21.0 Å². The summed E-state index contributed by atoms with van der Waals surface area (Å²) in [5, 5.41) is 6.55. The molecule has 29 heavy (non-hydrogen) atoms. The van der Waals surface area contributed by atoms with Gasteiger partial charge in [0.1, 0.15) is 11.3 Å². The molecule has 4 rings (SSSR count). The van der Waals surface area contributed by atoms with Crippen molar-refractivity contribution in [3.05, 3.63) is 64.0 Å². The molecule has 2 N–H and O–H groups in total. The highest BCUT2D eigenvalue weighted by Gasteiger charge is 2.21. The normalized spacial score (nSPS) is 13.2. The quantitative estimate of drug-likeness (QED) is 0.605. The van der Waals surface area contributed by atoms with Crippen LogP contribution in [0.2, 0.25) is 0 Å². The molecule has 0 spiro atoms. The number of aryl methyl sites for hydroxylation is 1. The lowest BCUT2D eigenvalue weighted by Crippen LogP contribution is -2.21. The van der Waals surface area contributed by atoms with Crippen molar-refractivity contribution in [1.29, 1.82) is 0 Å². The first kappa shape index (κ1) is 19.1. The maximum absolute atomic E-state index is 12.5. The molecular formula is C23H24N2O4. The number of para-hydroxylation sites is 1. The minimum absolute atomic E-state index is 0.102. The SMILES string of the molecule is CC(C)Oc1cc2oc(=O)c3c(c2cc1NC(=O)Nc1ccccc1)CCCC3. The molecule has 6 nitrogen and oxygen atoms in total. The van der Waals surface area contributed by atoms with E-state index in [-0.39, 0.29) is 17.8 Å². The summed E-state index contributed by atoms with van der Waals surface area (Å²) in [7, 11) is 0. The highest BCUT2D eigenvalue weighted by molar-refractivity contribution is 6.02. The molecule has 0 aliphatic heterocycles. The van der Waals surface area contributed by atoms with Crippen molar-refractivity contribution in [1.82, 2.24) is 0 Å². The molecule has 0 saturated carbocycles. The Hall–Kier alpha value is -3.28. The summed E-state index contributed by atoms with van der Waals surface area (Å²) in [6.07, 6.45) is 3.48. The van der Waals surface area contributed by atoms with E-state index in [0.717, 1.165) is 42.2 Å². The summed E-state index contributed by atoms with van der Waals surface area (Å²) in [5.41, 5.74) is 3.22. The summed E-state index contributed by atoms with van der Waals surface area (Å²) >= 11 is 0. The zero-order chi connectivity index (χ0) is 20.4. The fourth-order valence-corrected chi connectivity index (χ4v) is 3.73. The van der Waals surface area contributed by atoms with E-state index in [1.807, 2.05) is 50.2 Å². The number of amides is 2. The van der Waals surface area contributed by atoms with Crippen LogP contribution in [0.5, 0.6) is 5.75 Å². The van der Waals surface area contributed by atoms with Gasteiger partial charge >= 0.3 is 11.7 Å². The number of nitrogens with one attached hydrogen (secondary N) is 2. The summed E-state index contributed by atoms with van der Waals surface area (Å²) < 4.78 is 11.5. The second-order valence-electron chi connectivity index (χ2n) is 7.51. The average Bonchev–Trinajstić information content (AvgIpc) is 2.69. The molecule has 1 aliphatic carbocycles. The minimum atomic E-state index is -0.365. The average molecular weight is 392 g/mol. The Bertz CT molecular complexity index is 1100. The molecule has 2 aromatic carbocycles. The van der Waals surface area contributed by atoms with E-state index in [1.54, 1.807) is 6.07 Å². The van der Waals surface area contributed by atoms with E-state index in [9.17, 15) is 9.59 Å². The van der Waals surface area contributed by atoms with Gasteiger partial charge in [-0.25, -0.2) is 9.59 Å². The van der Waals surface area contributed by atoms with E-state index >= 15 is 0 Å². The van der Waals surface area contributed by atoms with Crippen LogP contribution >= 0.6 is 0 Å². The zero-order valence-corrected chi connectivity index (χ0v) is 16.6. The van der Waals surface area contributed by atoms with Gasteiger partial charge in [0.2, 0.25) is 0 Å². The number of benzene rings is 2. The Kier molecular flexibility index (Phi) is 5.25. The van der Waals surface area contributed by atoms with Gasteiger partial charge in [-0.2, -0.15) is 0 Å². The lowest BCUT2D eigenvalue weighted by atomic mass is 9.90. The molecular weight excluding hydrogens is 368 g/mol. The number of rotatable bonds is 4. The fourth-order valence-electron chi connectivity index (χ4n) is 3.73. The van der Waals surface area contributed by atoms with Crippen LogP contribution in [0, 0.1) is 0 Å². The standard InChI is InChI=1S/C23H24N2O4/c1-14(2)28-21-13-20-18(16-10-6-7-11-17(16)22(26)29-20)12-19(21)25-23(27)24-15-8-4-3-5-9-15/h3-5,8-9,12-14H,6-7,10-11H2,1-2H3,(H2,24,25,27). The molecule has 0 unspecified atom stereocenters. The number of hydrogen-bond acceptors (Lipinski definition) is 4. The topological polar surface area (TPSA) is 80.6 Å². The number of anilines is 2. The molecule has 0 fully saturated rings. The van der Waals surface area contributed by atoms with E-state index < -0.39 is 0 Å². The molecule has 0 atom stereocenters. The van der Waals surface area contributed by atoms with Gasteiger partial charge in [-0.3, -0.25) is 0 Å². The molecule has 1 aliphatic rings. The van der Waals surface area contributed by atoms with Gasteiger partial charge in [-0.15, -0.1) is 0 Å². The summed E-state index contributed by atoms with van der Waals surface area (Å²) in [6, 6.07) is 12.4. The lowest BCUT2D eigenvalue weighted by Gasteiger charge is -2.19. The van der Waals surface area contributed by atoms with Crippen molar-refractivity contribution in [3.8, 4) is 5.75 Å². The van der Waals surface area contributed by atoms with Crippen molar-refractivity contribution in [2.45, 2.75) is 45.6 Å². The van der Waals surface area contributed by atoms with Gasteiger partial charge in [0, 0.05) is 22.7 Å². The Morgan fingerprint density at radius 3 is 2.48 bits per heavy atom. The number of urea groups is 1. The van der Waals surface area contributed by atoms with E-state index in [0.29, 0.717) is 22.7 Å². The first-order chi connectivity index (χ1) is 14.0. The largest absolute Gasteiger partial charge is 0.489 e. The van der Waals surface area contributed by atoms with Gasteiger partial charge in [-0.05, 0) is 63.3 Å². The highest BCUT2D eigenvalue weighted by atomic mass is 16.5. The summed E-state index contributed by atoms with van der Waals surface area (Å²) in [6.45, 7) is 3.81. The van der Waals surface area contributed by atoms with Gasteiger partial charge in [-0.1, -0.05) is 18.2 Å². The molecule has 2 amide bonds. The third-order valence-electron chi connectivity index (χ3n) is 4.97. The first-order valence-electron chi connectivity index (χ1n) is 9.93. The smallest absolute Gasteiger partial charge is 0.339 e. The van der Waals surface area contributed by atoms with Crippen LogP contribution in [0.15, 0.2) is 51.7 Å². The molecule has 1 aromatic heterocycles. The lowest BCUT2D eigenvalue weighted by molar-refractivity contribution is 0.243. The summed E-state index contributed by atoms with van der Waals surface area (Å²) in [5.74, 6) is 0.467. The maximum atomic E-state index is 12.5. The number of fused-ring (bicyclic) bond motifs is 3. The number of hydrogen-bond donors (Lipinski definition) is 2.